The van der Waals surface area contributed by atoms with Gasteiger partial charge in [-0.25, -0.2) is 4.79 Å². The summed E-state index contributed by atoms with van der Waals surface area (Å²) >= 11 is 5.87. The number of aryl methyl sites for hydroxylation is 2. The summed E-state index contributed by atoms with van der Waals surface area (Å²) in [4.78, 5) is 23.3. The summed E-state index contributed by atoms with van der Waals surface area (Å²) in [5.74, 6) is -1.22. The Balaban J connectivity index is 2.74. The highest BCUT2D eigenvalue weighted by Gasteiger charge is 2.15. The van der Waals surface area contributed by atoms with Crippen LogP contribution in [0.2, 0.25) is 5.02 Å². The zero-order valence-electron chi connectivity index (χ0n) is 10.5. The van der Waals surface area contributed by atoms with E-state index in [9.17, 15) is 9.59 Å². The van der Waals surface area contributed by atoms with Gasteiger partial charge in [-0.1, -0.05) is 11.6 Å². The molecule has 0 aliphatic rings. The van der Waals surface area contributed by atoms with Gasteiger partial charge in [0.05, 0.1) is 5.69 Å². The average molecular weight is 278 g/mol. The molecule has 5 heteroatoms. The molecular weight excluding hydrogens is 266 g/mol. The molecule has 1 N–H and O–H groups in total. The quantitative estimate of drug-likeness (QED) is 0.918. The first-order valence-electron chi connectivity index (χ1n) is 5.64. The van der Waals surface area contributed by atoms with Gasteiger partial charge in [0.1, 0.15) is 5.56 Å². The van der Waals surface area contributed by atoms with Crippen molar-refractivity contribution in [3.63, 3.8) is 0 Å². The molecule has 1 aromatic carbocycles. The van der Waals surface area contributed by atoms with Crippen molar-refractivity contribution >= 4 is 17.6 Å². The fourth-order valence-corrected chi connectivity index (χ4v) is 2.19. The van der Waals surface area contributed by atoms with Gasteiger partial charge in [-0.05, 0) is 49.2 Å². The lowest BCUT2D eigenvalue weighted by atomic mass is 10.1. The summed E-state index contributed by atoms with van der Waals surface area (Å²) in [5.41, 5.74) is 1.11. The fraction of sp³-hybridized carbons (Fsp3) is 0.143. The van der Waals surface area contributed by atoms with Crippen molar-refractivity contribution in [2.45, 2.75) is 13.8 Å². The average Bonchev–Trinajstić information content (AvgIpc) is 2.30. The lowest BCUT2D eigenvalue weighted by molar-refractivity contribution is 0.0694. The number of carbonyl (C=O) groups is 1. The molecule has 0 aliphatic carbocycles. The van der Waals surface area contributed by atoms with E-state index in [0.717, 1.165) is 5.56 Å². The Kier molecular flexibility index (Phi) is 3.44. The van der Waals surface area contributed by atoms with E-state index >= 15 is 0 Å². The zero-order chi connectivity index (χ0) is 14.2. The first kappa shape index (κ1) is 13.4. The first-order valence-corrected chi connectivity index (χ1v) is 6.01. The predicted molar refractivity (Wildman–Crippen MR) is 73.5 cm³/mol. The van der Waals surface area contributed by atoms with E-state index in [1.807, 2.05) is 6.92 Å². The Bertz CT molecular complexity index is 719. The molecule has 0 fully saturated rings. The maximum absolute atomic E-state index is 12.2. The van der Waals surface area contributed by atoms with Crippen LogP contribution in [0.4, 0.5) is 0 Å². The van der Waals surface area contributed by atoms with Crippen molar-refractivity contribution in [1.82, 2.24) is 4.57 Å². The van der Waals surface area contributed by atoms with Gasteiger partial charge < -0.3 is 5.11 Å². The van der Waals surface area contributed by atoms with Gasteiger partial charge in [0.15, 0.2) is 0 Å². The molecule has 0 radical (unpaired) electrons. The highest BCUT2D eigenvalue weighted by Crippen LogP contribution is 2.18. The molecule has 1 aromatic heterocycles. The first-order chi connectivity index (χ1) is 8.91. The normalized spacial score (nSPS) is 10.5. The van der Waals surface area contributed by atoms with Crippen LogP contribution in [0, 0.1) is 13.8 Å². The van der Waals surface area contributed by atoms with Crippen LogP contribution in [-0.4, -0.2) is 15.6 Å². The smallest absolute Gasteiger partial charge is 0.341 e. The number of carboxylic acids is 1. The third kappa shape index (κ3) is 2.39. The van der Waals surface area contributed by atoms with Crippen LogP contribution >= 0.6 is 11.6 Å². The summed E-state index contributed by atoms with van der Waals surface area (Å²) in [6, 6.07) is 6.69. The van der Waals surface area contributed by atoms with Crippen molar-refractivity contribution in [2.75, 3.05) is 0 Å². The van der Waals surface area contributed by atoms with Crippen molar-refractivity contribution in [3.8, 4) is 5.69 Å². The van der Waals surface area contributed by atoms with Crippen molar-refractivity contribution in [1.29, 1.82) is 0 Å². The molecule has 2 aromatic rings. The molecule has 0 amide bonds. The van der Waals surface area contributed by atoms with Crippen molar-refractivity contribution in [3.05, 3.63) is 62.5 Å². The molecule has 4 nitrogen and oxygen atoms in total. The molecule has 98 valence electrons. The summed E-state index contributed by atoms with van der Waals surface area (Å²) in [5, 5.41) is 9.67. The number of aromatic nitrogens is 1. The van der Waals surface area contributed by atoms with Gasteiger partial charge in [0, 0.05) is 11.2 Å². The number of carboxylic acid groups (broad SMARTS) is 1. The molecule has 0 spiro atoms. The Morgan fingerprint density at radius 3 is 2.47 bits per heavy atom. The SMILES string of the molecule is Cc1cc(Cl)ccc1-n1ccc(C)c(C(=O)O)c1=O. The third-order valence-corrected chi connectivity index (χ3v) is 3.17. The molecule has 19 heavy (non-hydrogen) atoms. The number of hydrogen-bond donors (Lipinski definition) is 1. The van der Waals surface area contributed by atoms with Crippen LogP contribution < -0.4 is 5.56 Å². The van der Waals surface area contributed by atoms with E-state index in [0.29, 0.717) is 16.3 Å². The minimum absolute atomic E-state index is 0.211. The molecule has 0 unspecified atom stereocenters. The van der Waals surface area contributed by atoms with Crippen LogP contribution in [0.25, 0.3) is 5.69 Å². The minimum atomic E-state index is -1.22. The van der Waals surface area contributed by atoms with E-state index < -0.39 is 11.5 Å². The fourth-order valence-electron chi connectivity index (χ4n) is 1.97. The second kappa shape index (κ2) is 4.90. The van der Waals surface area contributed by atoms with Gasteiger partial charge in [-0.3, -0.25) is 9.36 Å². The highest BCUT2D eigenvalue weighted by atomic mass is 35.5. The summed E-state index contributed by atoms with van der Waals surface area (Å²) < 4.78 is 1.32. The second-order valence-electron chi connectivity index (χ2n) is 4.28. The highest BCUT2D eigenvalue weighted by molar-refractivity contribution is 6.30. The van der Waals surface area contributed by atoms with Crippen LogP contribution in [0.15, 0.2) is 35.3 Å². The summed E-state index contributed by atoms with van der Waals surface area (Å²) in [6.45, 7) is 3.41. The van der Waals surface area contributed by atoms with Gasteiger partial charge >= 0.3 is 5.97 Å². The van der Waals surface area contributed by atoms with Crippen LogP contribution in [0.5, 0.6) is 0 Å². The molecular formula is C14H12ClNO3. The van der Waals surface area contributed by atoms with Gasteiger partial charge in [-0.2, -0.15) is 0 Å². The van der Waals surface area contributed by atoms with Gasteiger partial charge in [-0.15, -0.1) is 0 Å². The summed E-state index contributed by atoms with van der Waals surface area (Å²) in [6.07, 6.45) is 1.57. The third-order valence-electron chi connectivity index (χ3n) is 2.93. The molecule has 2 rings (SSSR count). The molecule has 1 heterocycles. The van der Waals surface area contributed by atoms with E-state index in [-0.39, 0.29) is 5.56 Å². The molecule has 0 aliphatic heterocycles. The standard InChI is InChI=1S/C14H12ClNO3/c1-8-5-6-16(13(17)12(8)14(18)19)11-4-3-10(15)7-9(11)2/h3-7H,1-2H3,(H,18,19). The van der Waals surface area contributed by atoms with E-state index in [1.165, 1.54) is 4.57 Å². The number of halogens is 1. The lowest BCUT2D eigenvalue weighted by Crippen LogP contribution is -2.26. The second-order valence-corrected chi connectivity index (χ2v) is 4.72. The largest absolute Gasteiger partial charge is 0.477 e. The minimum Gasteiger partial charge on any atom is -0.477 e. The predicted octanol–water partition coefficient (Wildman–Crippen LogP) is 2.81. The maximum Gasteiger partial charge on any atom is 0.341 e. The van der Waals surface area contributed by atoms with Crippen LogP contribution in [0.3, 0.4) is 0 Å². The van der Waals surface area contributed by atoms with E-state index in [2.05, 4.69) is 0 Å². The van der Waals surface area contributed by atoms with Crippen LogP contribution in [-0.2, 0) is 0 Å². The zero-order valence-corrected chi connectivity index (χ0v) is 11.2. The number of hydrogen-bond acceptors (Lipinski definition) is 2. The van der Waals surface area contributed by atoms with Crippen molar-refractivity contribution in [2.24, 2.45) is 0 Å². The number of pyridine rings is 1. The summed E-state index contributed by atoms with van der Waals surface area (Å²) in [7, 11) is 0. The number of nitrogens with zero attached hydrogens (tertiary/aromatic N) is 1. The molecule has 0 bridgehead atoms. The van der Waals surface area contributed by atoms with Crippen LogP contribution in [0.1, 0.15) is 21.5 Å². The molecule has 0 saturated carbocycles. The Morgan fingerprint density at radius 2 is 1.89 bits per heavy atom. The Morgan fingerprint density at radius 1 is 1.21 bits per heavy atom. The number of aromatic carboxylic acids is 1. The van der Waals surface area contributed by atoms with Crippen molar-refractivity contribution < 1.29 is 9.90 Å². The van der Waals surface area contributed by atoms with E-state index in [4.69, 9.17) is 16.7 Å². The maximum atomic E-state index is 12.2. The Labute approximate surface area is 114 Å². The lowest BCUT2D eigenvalue weighted by Gasteiger charge is -2.11. The Hall–Kier alpha value is -2.07. The van der Waals surface area contributed by atoms with Gasteiger partial charge in [0.25, 0.3) is 5.56 Å². The van der Waals surface area contributed by atoms with Gasteiger partial charge in [0.2, 0.25) is 0 Å². The topological polar surface area (TPSA) is 59.3 Å². The monoisotopic (exact) mass is 277 g/mol. The number of rotatable bonds is 2. The number of benzene rings is 1. The van der Waals surface area contributed by atoms with E-state index in [1.54, 1.807) is 37.4 Å². The molecule has 0 atom stereocenters. The molecule has 0 saturated heterocycles.